The minimum Gasteiger partial charge on any atom is -0.496 e. The molecule has 0 spiro atoms. The molecule has 0 saturated carbocycles. The first-order chi connectivity index (χ1) is 7.50. The molecule has 0 atom stereocenters. The van der Waals surface area contributed by atoms with Gasteiger partial charge in [0.2, 0.25) is 0 Å². The van der Waals surface area contributed by atoms with E-state index in [1.165, 1.54) is 25.3 Å². The number of aliphatic hydroxyl groups is 1. The standard InChI is InChI=1S/C11H11F3O2/c1-16-10-5-3-2-4-8(10)9(6-7-15)11(12,13)14/h2-6,15H,7H2,1H3. The molecule has 5 heteroatoms. The molecule has 0 radical (unpaired) electrons. The molecule has 1 aromatic carbocycles. The summed E-state index contributed by atoms with van der Waals surface area (Å²) in [4.78, 5) is 0. The van der Waals surface area contributed by atoms with E-state index in [1.807, 2.05) is 0 Å². The summed E-state index contributed by atoms with van der Waals surface area (Å²) in [5.74, 6) is 0.125. The normalized spacial score (nSPS) is 12.7. The van der Waals surface area contributed by atoms with Crippen molar-refractivity contribution in [2.45, 2.75) is 6.18 Å². The Morgan fingerprint density at radius 1 is 1.38 bits per heavy atom. The zero-order valence-corrected chi connectivity index (χ0v) is 8.58. The molecule has 1 aromatic rings. The van der Waals surface area contributed by atoms with Crippen LogP contribution in [0.4, 0.5) is 13.2 Å². The van der Waals surface area contributed by atoms with Crippen molar-refractivity contribution in [1.29, 1.82) is 0 Å². The first-order valence-electron chi connectivity index (χ1n) is 4.52. The van der Waals surface area contributed by atoms with E-state index in [0.29, 0.717) is 0 Å². The van der Waals surface area contributed by atoms with Crippen molar-refractivity contribution < 1.29 is 23.0 Å². The molecule has 0 aliphatic carbocycles. The van der Waals surface area contributed by atoms with Crippen LogP contribution in [0, 0.1) is 0 Å². The number of rotatable bonds is 3. The van der Waals surface area contributed by atoms with Crippen molar-refractivity contribution in [3.8, 4) is 5.75 Å². The Morgan fingerprint density at radius 3 is 2.50 bits per heavy atom. The molecule has 0 heterocycles. The van der Waals surface area contributed by atoms with Gasteiger partial charge < -0.3 is 9.84 Å². The third-order valence-corrected chi connectivity index (χ3v) is 2.00. The molecule has 0 bridgehead atoms. The molecule has 0 saturated heterocycles. The van der Waals surface area contributed by atoms with E-state index in [-0.39, 0.29) is 11.3 Å². The van der Waals surface area contributed by atoms with E-state index in [1.54, 1.807) is 6.07 Å². The van der Waals surface area contributed by atoms with Crippen LogP contribution in [0.25, 0.3) is 5.57 Å². The van der Waals surface area contributed by atoms with Crippen molar-refractivity contribution in [3.63, 3.8) is 0 Å². The molecule has 16 heavy (non-hydrogen) atoms. The summed E-state index contributed by atoms with van der Waals surface area (Å²) < 4.78 is 42.9. The number of para-hydroxylation sites is 1. The Kier molecular flexibility index (Phi) is 3.95. The molecule has 1 rings (SSSR count). The summed E-state index contributed by atoms with van der Waals surface area (Å²) in [5, 5.41) is 8.61. The van der Waals surface area contributed by atoms with Gasteiger partial charge in [-0.1, -0.05) is 18.2 Å². The fourth-order valence-electron chi connectivity index (χ4n) is 1.34. The van der Waals surface area contributed by atoms with E-state index in [2.05, 4.69) is 0 Å². The Morgan fingerprint density at radius 2 is 2.00 bits per heavy atom. The van der Waals surface area contributed by atoms with Crippen LogP contribution in [-0.2, 0) is 0 Å². The van der Waals surface area contributed by atoms with Gasteiger partial charge in [-0.3, -0.25) is 0 Å². The van der Waals surface area contributed by atoms with Crippen LogP contribution >= 0.6 is 0 Å². The van der Waals surface area contributed by atoms with Gasteiger partial charge in [0.15, 0.2) is 0 Å². The number of hydrogen-bond donors (Lipinski definition) is 1. The zero-order chi connectivity index (χ0) is 12.2. The maximum atomic E-state index is 12.7. The smallest absolute Gasteiger partial charge is 0.416 e. The van der Waals surface area contributed by atoms with E-state index < -0.39 is 18.4 Å². The van der Waals surface area contributed by atoms with Crippen molar-refractivity contribution in [2.75, 3.05) is 13.7 Å². The Labute approximate surface area is 91.0 Å². The Hall–Kier alpha value is -1.49. The van der Waals surface area contributed by atoms with Gasteiger partial charge in [0.1, 0.15) is 5.75 Å². The maximum Gasteiger partial charge on any atom is 0.416 e. The van der Waals surface area contributed by atoms with Gasteiger partial charge in [0, 0.05) is 5.56 Å². The number of aliphatic hydroxyl groups excluding tert-OH is 1. The van der Waals surface area contributed by atoms with Gasteiger partial charge in [-0.2, -0.15) is 13.2 Å². The van der Waals surface area contributed by atoms with Crippen LogP contribution in [0.15, 0.2) is 30.3 Å². The average Bonchev–Trinajstić information content (AvgIpc) is 2.24. The lowest BCUT2D eigenvalue weighted by Gasteiger charge is -2.14. The third-order valence-electron chi connectivity index (χ3n) is 2.00. The van der Waals surface area contributed by atoms with Gasteiger partial charge in [-0.15, -0.1) is 0 Å². The van der Waals surface area contributed by atoms with Crippen LogP contribution in [-0.4, -0.2) is 25.0 Å². The van der Waals surface area contributed by atoms with Crippen molar-refractivity contribution in [2.24, 2.45) is 0 Å². The van der Waals surface area contributed by atoms with Gasteiger partial charge in [-0.25, -0.2) is 0 Å². The number of methoxy groups -OCH3 is 1. The SMILES string of the molecule is COc1ccccc1C(=CCO)C(F)(F)F. The summed E-state index contributed by atoms with van der Waals surface area (Å²) in [6.07, 6.45) is -3.80. The highest BCUT2D eigenvalue weighted by Gasteiger charge is 2.35. The number of benzene rings is 1. The predicted octanol–water partition coefficient (Wildman–Crippen LogP) is 2.63. The van der Waals surface area contributed by atoms with Crippen LogP contribution in [0.1, 0.15) is 5.56 Å². The molecule has 0 aliphatic rings. The molecule has 0 aromatic heterocycles. The third kappa shape index (κ3) is 2.76. The predicted molar refractivity (Wildman–Crippen MR) is 54.1 cm³/mol. The van der Waals surface area contributed by atoms with E-state index in [9.17, 15) is 13.2 Å². The lowest BCUT2D eigenvalue weighted by Crippen LogP contribution is -2.12. The molecular formula is C11H11F3O2. The number of hydrogen-bond acceptors (Lipinski definition) is 2. The van der Waals surface area contributed by atoms with Crippen molar-refractivity contribution in [1.82, 2.24) is 0 Å². The van der Waals surface area contributed by atoms with E-state index in [0.717, 1.165) is 6.08 Å². The number of allylic oxidation sites excluding steroid dienone is 1. The monoisotopic (exact) mass is 232 g/mol. The Balaban J connectivity index is 3.27. The average molecular weight is 232 g/mol. The van der Waals surface area contributed by atoms with Gasteiger partial charge in [0.25, 0.3) is 0 Å². The first-order valence-corrected chi connectivity index (χ1v) is 4.52. The fourth-order valence-corrected chi connectivity index (χ4v) is 1.34. The van der Waals surface area contributed by atoms with Crippen molar-refractivity contribution >= 4 is 5.57 Å². The lowest BCUT2D eigenvalue weighted by atomic mass is 10.0. The first kappa shape index (κ1) is 12.6. The molecule has 0 unspecified atom stereocenters. The molecule has 2 nitrogen and oxygen atoms in total. The molecular weight excluding hydrogens is 221 g/mol. The minimum absolute atomic E-state index is 0.0773. The van der Waals surface area contributed by atoms with E-state index in [4.69, 9.17) is 9.84 Å². The molecule has 0 fully saturated rings. The van der Waals surface area contributed by atoms with Crippen LogP contribution in [0.2, 0.25) is 0 Å². The minimum atomic E-state index is -4.52. The maximum absolute atomic E-state index is 12.7. The second kappa shape index (κ2) is 5.03. The highest BCUT2D eigenvalue weighted by atomic mass is 19.4. The van der Waals surface area contributed by atoms with Crippen LogP contribution in [0.5, 0.6) is 5.75 Å². The zero-order valence-electron chi connectivity index (χ0n) is 8.58. The van der Waals surface area contributed by atoms with Gasteiger partial charge in [-0.05, 0) is 12.1 Å². The second-order valence-corrected chi connectivity index (χ2v) is 3.00. The van der Waals surface area contributed by atoms with Gasteiger partial charge in [0.05, 0.1) is 19.3 Å². The van der Waals surface area contributed by atoms with Crippen LogP contribution < -0.4 is 4.74 Å². The summed E-state index contributed by atoms with van der Waals surface area (Å²) in [6, 6.07) is 5.80. The topological polar surface area (TPSA) is 29.5 Å². The summed E-state index contributed by atoms with van der Waals surface area (Å²) in [7, 11) is 1.30. The number of halogens is 3. The summed E-state index contributed by atoms with van der Waals surface area (Å²) in [5.41, 5.74) is -0.973. The molecule has 88 valence electrons. The van der Waals surface area contributed by atoms with E-state index >= 15 is 0 Å². The molecule has 0 amide bonds. The number of alkyl halides is 3. The largest absolute Gasteiger partial charge is 0.496 e. The summed E-state index contributed by atoms with van der Waals surface area (Å²) >= 11 is 0. The molecule has 0 aliphatic heterocycles. The number of ether oxygens (including phenoxy) is 1. The second-order valence-electron chi connectivity index (χ2n) is 3.00. The molecule has 1 N–H and O–H groups in total. The fraction of sp³-hybridized carbons (Fsp3) is 0.273. The van der Waals surface area contributed by atoms with Crippen LogP contribution in [0.3, 0.4) is 0 Å². The highest BCUT2D eigenvalue weighted by molar-refractivity contribution is 5.74. The quantitative estimate of drug-likeness (QED) is 0.868. The lowest BCUT2D eigenvalue weighted by molar-refractivity contribution is -0.0693. The van der Waals surface area contributed by atoms with Gasteiger partial charge >= 0.3 is 6.18 Å². The summed E-state index contributed by atoms with van der Waals surface area (Å²) in [6.45, 7) is -0.674. The Bertz CT molecular complexity index is 383. The highest BCUT2D eigenvalue weighted by Crippen LogP contribution is 2.37. The van der Waals surface area contributed by atoms with Crippen molar-refractivity contribution in [3.05, 3.63) is 35.9 Å².